The molecule has 1 aliphatic carbocycles. The lowest BCUT2D eigenvalue weighted by atomic mass is 9.97. The first-order valence-electron chi connectivity index (χ1n) is 5.75. The molecule has 2 fully saturated rings. The van der Waals surface area contributed by atoms with E-state index in [1.807, 2.05) is 4.90 Å². The van der Waals surface area contributed by atoms with Crippen molar-refractivity contribution in [1.82, 2.24) is 4.90 Å². The van der Waals surface area contributed by atoms with E-state index >= 15 is 0 Å². The molecule has 0 aromatic rings. The van der Waals surface area contributed by atoms with Gasteiger partial charge in [0.2, 0.25) is 5.91 Å². The number of rotatable bonds is 2. The number of nitrogens with two attached hydrogens (primary N) is 1. The molecule has 2 unspecified atom stereocenters. The summed E-state index contributed by atoms with van der Waals surface area (Å²) in [7, 11) is 1.41. The molecule has 0 aromatic carbocycles. The molecule has 1 amide bonds. The summed E-state index contributed by atoms with van der Waals surface area (Å²) in [4.78, 5) is 25.0. The number of likely N-dealkylation sites (tertiary alicyclic amines) is 1. The second-order valence-electron chi connectivity index (χ2n) is 4.63. The van der Waals surface area contributed by atoms with Gasteiger partial charge in [-0.2, -0.15) is 0 Å². The molecule has 2 aliphatic rings. The maximum absolute atomic E-state index is 11.8. The van der Waals surface area contributed by atoms with Crippen molar-refractivity contribution in [2.45, 2.75) is 25.3 Å². The molecule has 90 valence electrons. The Labute approximate surface area is 94.9 Å². The zero-order valence-corrected chi connectivity index (χ0v) is 9.52. The minimum absolute atomic E-state index is 0.0367. The van der Waals surface area contributed by atoms with Crippen LogP contribution in [0.15, 0.2) is 0 Å². The van der Waals surface area contributed by atoms with Crippen LogP contribution in [-0.2, 0) is 14.3 Å². The van der Waals surface area contributed by atoms with Gasteiger partial charge in [-0.1, -0.05) is 0 Å². The fourth-order valence-electron chi connectivity index (χ4n) is 2.24. The van der Waals surface area contributed by atoms with Crippen LogP contribution in [0.5, 0.6) is 0 Å². The summed E-state index contributed by atoms with van der Waals surface area (Å²) in [5.41, 5.74) is 5.65. The highest BCUT2D eigenvalue weighted by Crippen LogP contribution is 2.31. The molecular formula is C11H18N2O3. The minimum atomic E-state index is -0.157. The highest BCUT2D eigenvalue weighted by atomic mass is 16.5. The fraction of sp³-hybridized carbons (Fsp3) is 0.818. The van der Waals surface area contributed by atoms with E-state index in [1.54, 1.807) is 0 Å². The van der Waals surface area contributed by atoms with Gasteiger partial charge in [-0.3, -0.25) is 9.59 Å². The van der Waals surface area contributed by atoms with Crippen LogP contribution in [0.4, 0.5) is 0 Å². The fourth-order valence-corrected chi connectivity index (χ4v) is 2.24. The SMILES string of the molecule is COC(=O)C1CCN(C(=O)C2CC2N)CC1. The summed E-state index contributed by atoms with van der Waals surface area (Å²) in [5, 5.41) is 0. The first kappa shape index (κ1) is 11.4. The third-order valence-electron chi connectivity index (χ3n) is 3.50. The predicted octanol–water partition coefficient (Wildman–Crippen LogP) is -0.255. The lowest BCUT2D eigenvalue weighted by Gasteiger charge is -2.30. The van der Waals surface area contributed by atoms with Crippen LogP contribution in [0.3, 0.4) is 0 Å². The summed E-state index contributed by atoms with van der Waals surface area (Å²) < 4.78 is 4.70. The highest BCUT2D eigenvalue weighted by molar-refractivity contribution is 5.82. The van der Waals surface area contributed by atoms with Gasteiger partial charge < -0.3 is 15.4 Å². The molecule has 5 nitrogen and oxygen atoms in total. The third-order valence-corrected chi connectivity index (χ3v) is 3.50. The van der Waals surface area contributed by atoms with Gasteiger partial charge in [-0.25, -0.2) is 0 Å². The number of ether oxygens (including phenoxy) is 1. The maximum atomic E-state index is 11.8. The smallest absolute Gasteiger partial charge is 0.308 e. The zero-order valence-electron chi connectivity index (χ0n) is 9.52. The molecule has 2 N–H and O–H groups in total. The number of esters is 1. The molecule has 1 saturated carbocycles. The second-order valence-corrected chi connectivity index (χ2v) is 4.63. The van der Waals surface area contributed by atoms with Crippen LogP contribution < -0.4 is 5.73 Å². The van der Waals surface area contributed by atoms with Crippen molar-refractivity contribution in [2.24, 2.45) is 17.6 Å². The molecule has 1 heterocycles. The van der Waals surface area contributed by atoms with Crippen LogP contribution in [-0.4, -0.2) is 43.0 Å². The van der Waals surface area contributed by atoms with Gasteiger partial charge >= 0.3 is 5.97 Å². The molecule has 1 saturated heterocycles. The van der Waals surface area contributed by atoms with E-state index in [9.17, 15) is 9.59 Å². The molecular weight excluding hydrogens is 208 g/mol. The maximum Gasteiger partial charge on any atom is 0.308 e. The molecule has 0 spiro atoms. The molecule has 0 bridgehead atoms. The normalized spacial score (nSPS) is 30.0. The van der Waals surface area contributed by atoms with Crippen LogP contribution in [0.1, 0.15) is 19.3 Å². The molecule has 16 heavy (non-hydrogen) atoms. The zero-order chi connectivity index (χ0) is 11.7. The van der Waals surface area contributed by atoms with E-state index in [0.717, 1.165) is 6.42 Å². The summed E-state index contributed by atoms with van der Waals surface area (Å²) in [6.07, 6.45) is 2.23. The Balaban J connectivity index is 1.81. The number of amides is 1. The van der Waals surface area contributed by atoms with E-state index in [1.165, 1.54) is 7.11 Å². The number of carbonyl (C=O) groups is 2. The standard InChI is InChI=1S/C11H18N2O3/c1-16-11(15)7-2-4-13(5-3-7)10(14)8-6-9(8)12/h7-9H,2-6,12H2,1H3. The number of carbonyl (C=O) groups excluding carboxylic acids is 2. The average molecular weight is 226 g/mol. The monoisotopic (exact) mass is 226 g/mol. The van der Waals surface area contributed by atoms with Gasteiger partial charge in [0, 0.05) is 19.1 Å². The van der Waals surface area contributed by atoms with Crippen LogP contribution in [0, 0.1) is 11.8 Å². The Hall–Kier alpha value is -1.10. The number of methoxy groups -OCH3 is 1. The van der Waals surface area contributed by atoms with Gasteiger partial charge in [0.05, 0.1) is 18.9 Å². The topological polar surface area (TPSA) is 72.6 Å². The van der Waals surface area contributed by atoms with E-state index < -0.39 is 0 Å². The van der Waals surface area contributed by atoms with E-state index in [4.69, 9.17) is 10.5 Å². The van der Waals surface area contributed by atoms with Gasteiger partial charge in [0.25, 0.3) is 0 Å². The second kappa shape index (κ2) is 4.41. The first-order chi connectivity index (χ1) is 7.63. The van der Waals surface area contributed by atoms with Gasteiger partial charge in [-0.15, -0.1) is 0 Å². The summed E-state index contributed by atoms with van der Waals surface area (Å²) >= 11 is 0. The van der Waals surface area contributed by atoms with Crippen molar-refractivity contribution < 1.29 is 14.3 Å². The summed E-state index contributed by atoms with van der Waals surface area (Å²) in [5.74, 6) is 0.00245. The Kier molecular flexibility index (Phi) is 3.14. The van der Waals surface area contributed by atoms with Crippen molar-refractivity contribution >= 4 is 11.9 Å². The largest absolute Gasteiger partial charge is 0.469 e. The van der Waals surface area contributed by atoms with Crippen LogP contribution in [0.25, 0.3) is 0 Å². The average Bonchev–Trinajstić information content (AvgIpc) is 3.04. The Morgan fingerprint density at radius 2 is 1.88 bits per heavy atom. The summed E-state index contributed by atoms with van der Waals surface area (Å²) in [6, 6.07) is 0.0610. The number of hydrogen-bond acceptors (Lipinski definition) is 4. The van der Waals surface area contributed by atoms with Crippen LogP contribution in [0.2, 0.25) is 0 Å². The Morgan fingerprint density at radius 1 is 1.31 bits per heavy atom. The number of piperidine rings is 1. The van der Waals surface area contributed by atoms with Crippen molar-refractivity contribution in [1.29, 1.82) is 0 Å². The molecule has 0 radical (unpaired) electrons. The highest BCUT2D eigenvalue weighted by Gasteiger charge is 2.43. The predicted molar refractivity (Wildman–Crippen MR) is 57.4 cm³/mol. The first-order valence-corrected chi connectivity index (χ1v) is 5.75. The lowest BCUT2D eigenvalue weighted by Crippen LogP contribution is -2.42. The van der Waals surface area contributed by atoms with E-state index in [0.29, 0.717) is 25.9 Å². The molecule has 5 heteroatoms. The van der Waals surface area contributed by atoms with Crippen molar-refractivity contribution in [3.05, 3.63) is 0 Å². The van der Waals surface area contributed by atoms with E-state index in [-0.39, 0.29) is 29.8 Å². The molecule has 0 aromatic heterocycles. The molecule has 2 rings (SSSR count). The van der Waals surface area contributed by atoms with Gasteiger partial charge in [-0.05, 0) is 19.3 Å². The van der Waals surface area contributed by atoms with Crippen molar-refractivity contribution in [3.63, 3.8) is 0 Å². The van der Waals surface area contributed by atoms with Crippen molar-refractivity contribution in [3.8, 4) is 0 Å². The summed E-state index contributed by atoms with van der Waals surface area (Å²) in [6.45, 7) is 1.31. The number of hydrogen-bond donors (Lipinski definition) is 1. The Morgan fingerprint density at radius 3 is 2.31 bits per heavy atom. The quantitative estimate of drug-likeness (QED) is 0.659. The van der Waals surface area contributed by atoms with Crippen molar-refractivity contribution in [2.75, 3.05) is 20.2 Å². The number of nitrogens with zero attached hydrogens (tertiary/aromatic N) is 1. The van der Waals surface area contributed by atoms with Gasteiger partial charge in [0.15, 0.2) is 0 Å². The molecule has 1 aliphatic heterocycles. The van der Waals surface area contributed by atoms with Crippen LogP contribution >= 0.6 is 0 Å². The minimum Gasteiger partial charge on any atom is -0.469 e. The molecule has 2 atom stereocenters. The Bertz CT molecular complexity index is 298. The third kappa shape index (κ3) is 2.19. The van der Waals surface area contributed by atoms with E-state index in [2.05, 4.69) is 0 Å². The lowest BCUT2D eigenvalue weighted by molar-refractivity contribution is -0.149. The van der Waals surface area contributed by atoms with Gasteiger partial charge in [0.1, 0.15) is 0 Å².